The van der Waals surface area contributed by atoms with E-state index in [1.807, 2.05) is 13.8 Å². The van der Waals surface area contributed by atoms with Crippen LogP contribution in [0.4, 0.5) is 5.82 Å². The lowest BCUT2D eigenvalue weighted by atomic mass is 10.00. The second kappa shape index (κ2) is 11.8. The van der Waals surface area contributed by atoms with Gasteiger partial charge in [0.2, 0.25) is 17.7 Å². The third-order valence-corrected chi connectivity index (χ3v) is 5.90. The largest absolute Gasteiger partial charge is 0.352 e. The summed E-state index contributed by atoms with van der Waals surface area (Å²) in [6.45, 7) is 3.78. The lowest BCUT2D eigenvalue weighted by Crippen LogP contribution is -2.49. The van der Waals surface area contributed by atoms with Gasteiger partial charge in [0.15, 0.2) is 0 Å². The smallest absolute Gasteiger partial charge is 0.247 e. The Hall–Kier alpha value is -2.93. The average molecular weight is 471 g/mol. The molecule has 1 saturated carbocycles. The van der Waals surface area contributed by atoms with E-state index in [0.29, 0.717) is 16.4 Å². The van der Waals surface area contributed by atoms with Crippen molar-refractivity contribution in [2.75, 3.05) is 5.32 Å². The summed E-state index contributed by atoms with van der Waals surface area (Å²) in [7, 11) is 0. The summed E-state index contributed by atoms with van der Waals surface area (Å²) in [4.78, 5) is 45.0. The van der Waals surface area contributed by atoms with Gasteiger partial charge in [0.1, 0.15) is 11.9 Å². The van der Waals surface area contributed by atoms with Crippen molar-refractivity contribution in [2.45, 2.75) is 70.5 Å². The number of carbonyl (C=O) groups excluding carboxylic acids is 3. The monoisotopic (exact) mass is 470 g/mol. The molecule has 1 aromatic carbocycles. The first-order valence-corrected chi connectivity index (χ1v) is 11.8. The van der Waals surface area contributed by atoms with Gasteiger partial charge in [0.25, 0.3) is 0 Å². The zero-order valence-corrected chi connectivity index (χ0v) is 19.8. The molecule has 1 aromatic heterocycles. The Kier molecular flexibility index (Phi) is 8.83. The van der Waals surface area contributed by atoms with E-state index in [0.717, 1.165) is 25.7 Å². The summed E-state index contributed by atoms with van der Waals surface area (Å²) in [6.07, 6.45) is 5.30. The number of pyridine rings is 1. The van der Waals surface area contributed by atoms with Crippen LogP contribution in [0.15, 0.2) is 48.7 Å². The third-order valence-electron chi connectivity index (χ3n) is 5.65. The fourth-order valence-electron chi connectivity index (χ4n) is 4.18. The van der Waals surface area contributed by atoms with E-state index in [1.54, 1.807) is 53.6 Å². The van der Waals surface area contributed by atoms with Gasteiger partial charge < -0.3 is 15.5 Å². The van der Waals surface area contributed by atoms with Crippen LogP contribution in [-0.2, 0) is 14.4 Å². The van der Waals surface area contributed by atoms with E-state index in [1.165, 1.54) is 0 Å². The summed E-state index contributed by atoms with van der Waals surface area (Å²) in [5.74, 6) is -0.288. The quantitative estimate of drug-likeness (QED) is 0.564. The lowest BCUT2D eigenvalue weighted by Gasteiger charge is -2.36. The van der Waals surface area contributed by atoms with Crippen LogP contribution in [0.1, 0.15) is 64.0 Å². The summed E-state index contributed by atoms with van der Waals surface area (Å²) < 4.78 is 0. The maximum atomic E-state index is 13.5. The van der Waals surface area contributed by atoms with Gasteiger partial charge in [-0.05, 0) is 56.5 Å². The van der Waals surface area contributed by atoms with Crippen molar-refractivity contribution in [3.63, 3.8) is 0 Å². The highest BCUT2D eigenvalue weighted by Gasteiger charge is 2.37. The Morgan fingerprint density at radius 3 is 2.36 bits per heavy atom. The average Bonchev–Trinajstić information content (AvgIpc) is 3.31. The van der Waals surface area contributed by atoms with Crippen LogP contribution in [0.3, 0.4) is 0 Å². The topological polar surface area (TPSA) is 91.4 Å². The molecule has 3 amide bonds. The van der Waals surface area contributed by atoms with Crippen LogP contribution in [-0.4, -0.2) is 39.7 Å². The van der Waals surface area contributed by atoms with Crippen LogP contribution in [0.25, 0.3) is 0 Å². The molecule has 0 bridgehead atoms. The highest BCUT2D eigenvalue weighted by Crippen LogP contribution is 2.33. The van der Waals surface area contributed by atoms with E-state index in [2.05, 4.69) is 15.6 Å². The number of anilines is 1. The molecule has 0 radical (unpaired) electrons. The van der Waals surface area contributed by atoms with E-state index in [-0.39, 0.29) is 42.6 Å². The van der Waals surface area contributed by atoms with E-state index in [4.69, 9.17) is 11.6 Å². The normalized spacial score (nSPS) is 14.7. The molecule has 1 fully saturated rings. The molecule has 2 N–H and O–H groups in total. The predicted octanol–water partition coefficient (Wildman–Crippen LogP) is 4.49. The zero-order chi connectivity index (χ0) is 23.8. The molecular weight excluding hydrogens is 440 g/mol. The van der Waals surface area contributed by atoms with Crippen LogP contribution >= 0.6 is 11.6 Å². The number of halogens is 1. The molecule has 3 rings (SSSR count). The number of hydrogen-bond donors (Lipinski definition) is 2. The third kappa shape index (κ3) is 7.02. The van der Waals surface area contributed by atoms with Gasteiger partial charge in [0, 0.05) is 36.1 Å². The molecule has 1 unspecified atom stereocenters. The van der Waals surface area contributed by atoms with Crippen LogP contribution < -0.4 is 10.6 Å². The number of benzene rings is 1. The molecule has 2 aromatic rings. The summed E-state index contributed by atoms with van der Waals surface area (Å²) >= 11 is 6.07. The number of rotatable bonds is 9. The molecule has 176 valence electrons. The highest BCUT2D eigenvalue weighted by atomic mass is 35.5. The molecule has 7 nitrogen and oxygen atoms in total. The Labute approximate surface area is 199 Å². The van der Waals surface area contributed by atoms with Gasteiger partial charge in [-0.1, -0.05) is 42.6 Å². The van der Waals surface area contributed by atoms with E-state index in [9.17, 15) is 14.4 Å². The van der Waals surface area contributed by atoms with Crippen LogP contribution in [0, 0.1) is 0 Å². The first-order chi connectivity index (χ1) is 15.8. The van der Waals surface area contributed by atoms with Crippen molar-refractivity contribution in [3.8, 4) is 0 Å². The lowest BCUT2D eigenvalue weighted by molar-refractivity contribution is -0.144. The van der Waals surface area contributed by atoms with Crippen LogP contribution in [0.5, 0.6) is 0 Å². The van der Waals surface area contributed by atoms with Crippen molar-refractivity contribution in [1.82, 2.24) is 15.2 Å². The highest BCUT2D eigenvalue weighted by molar-refractivity contribution is 6.30. The number of carbonyl (C=O) groups is 3. The van der Waals surface area contributed by atoms with Crippen LogP contribution in [0.2, 0.25) is 5.02 Å². The Bertz CT molecular complexity index is 944. The van der Waals surface area contributed by atoms with Crippen molar-refractivity contribution in [3.05, 3.63) is 59.2 Å². The van der Waals surface area contributed by atoms with Crippen molar-refractivity contribution in [1.29, 1.82) is 0 Å². The molecule has 0 aliphatic heterocycles. The molecule has 0 saturated heterocycles. The van der Waals surface area contributed by atoms with Gasteiger partial charge in [-0.25, -0.2) is 4.98 Å². The molecule has 1 aliphatic rings. The summed E-state index contributed by atoms with van der Waals surface area (Å²) in [5, 5.41) is 6.23. The zero-order valence-electron chi connectivity index (χ0n) is 19.1. The first kappa shape index (κ1) is 24.7. The van der Waals surface area contributed by atoms with Gasteiger partial charge in [-0.2, -0.15) is 0 Å². The van der Waals surface area contributed by atoms with E-state index < -0.39 is 6.04 Å². The number of nitrogens with one attached hydrogen (secondary N) is 2. The Balaban J connectivity index is 1.81. The molecule has 0 spiro atoms. The SMILES string of the molecule is CC(C)NC(=O)C(c1ccc(Cl)cc1)N(C(=O)CCC(=O)Nc1ccccn1)C1CCCC1. The molecule has 8 heteroatoms. The maximum Gasteiger partial charge on any atom is 0.247 e. The molecule has 1 heterocycles. The van der Waals surface area contributed by atoms with Gasteiger partial charge >= 0.3 is 0 Å². The molecular formula is C25H31ClN4O3. The number of aromatic nitrogens is 1. The fraction of sp³-hybridized carbons (Fsp3) is 0.440. The van der Waals surface area contributed by atoms with Gasteiger partial charge in [-0.3, -0.25) is 14.4 Å². The number of hydrogen-bond acceptors (Lipinski definition) is 4. The minimum absolute atomic E-state index is 0.00815. The minimum Gasteiger partial charge on any atom is -0.352 e. The minimum atomic E-state index is -0.779. The number of nitrogens with zero attached hydrogens (tertiary/aromatic N) is 2. The predicted molar refractivity (Wildman–Crippen MR) is 129 cm³/mol. The maximum absolute atomic E-state index is 13.5. The number of amides is 3. The van der Waals surface area contributed by atoms with Gasteiger partial charge in [-0.15, -0.1) is 0 Å². The molecule has 1 aliphatic carbocycles. The standard InChI is InChI=1S/C25H31ClN4O3/c1-17(2)28-25(33)24(18-10-12-19(26)13-11-18)30(20-7-3-4-8-20)23(32)15-14-22(31)29-21-9-5-6-16-27-21/h5-6,9-13,16-17,20,24H,3-4,7-8,14-15H2,1-2H3,(H,28,33)(H,27,29,31). The fourth-order valence-corrected chi connectivity index (χ4v) is 4.31. The second-order valence-electron chi connectivity index (χ2n) is 8.62. The second-order valence-corrected chi connectivity index (χ2v) is 9.06. The molecule has 33 heavy (non-hydrogen) atoms. The Morgan fingerprint density at radius 1 is 1.06 bits per heavy atom. The van der Waals surface area contributed by atoms with Crippen molar-refractivity contribution < 1.29 is 14.4 Å². The summed E-state index contributed by atoms with van der Waals surface area (Å²) in [5.41, 5.74) is 0.704. The molecule has 1 atom stereocenters. The summed E-state index contributed by atoms with van der Waals surface area (Å²) in [6, 6.07) is 11.4. The van der Waals surface area contributed by atoms with Crippen molar-refractivity contribution >= 4 is 35.1 Å². The van der Waals surface area contributed by atoms with Gasteiger partial charge in [0.05, 0.1) is 0 Å². The van der Waals surface area contributed by atoms with E-state index >= 15 is 0 Å². The Morgan fingerprint density at radius 2 is 1.76 bits per heavy atom. The first-order valence-electron chi connectivity index (χ1n) is 11.4. The van der Waals surface area contributed by atoms with Crippen molar-refractivity contribution in [2.24, 2.45) is 0 Å².